The summed E-state index contributed by atoms with van der Waals surface area (Å²) in [5.74, 6) is 0.798. The molecule has 0 bridgehead atoms. The van der Waals surface area contributed by atoms with Crippen LogP contribution in [0, 0.1) is 5.92 Å². The van der Waals surface area contributed by atoms with E-state index in [9.17, 15) is 9.59 Å². The number of piperidine rings is 1. The fourth-order valence-electron chi connectivity index (χ4n) is 4.50. The van der Waals surface area contributed by atoms with Crippen molar-refractivity contribution in [3.05, 3.63) is 65.2 Å². The molecule has 2 heterocycles. The topological polar surface area (TPSA) is 49.4 Å². The standard InChI is InChI=1S/C24H28N2O2/c27-22(21-10-4-9-20-11-12-23(28)25-24(20)21)13-15-26-14-5-8-19(17-26)16-18-6-2-1-3-7-18/h1-4,6-7,9-10,19H,5,8,11-17H2,(H,25,28)/t19-/m1/s1. The summed E-state index contributed by atoms with van der Waals surface area (Å²) in [4.78, 5) is 27.1. The fourth-order valence-corrected chi connectivity index (χ4v) is 4.50. The van der Waals surface area contributed by atoms with Crippen molar-refractivity contribution in [3.63, 3.8) is 0 Å². The molecule has 1 saturated heterocycles. The van der Waals surface area contributed by atoms with Gasteiger partial charge in [0.15, 0.2) is 5.78 Å². The lowest BCUT2D eigenvalue weighted by atomic mass is 9.91. The number of carbonyl (C=O) groups is 2. The maximum absolute atomic E-state index is 12.9. The van der Waals surface area contributed by atoms with Gasteiger partial charge in [-0.3, -0.25) is 9.59 Å². The Labute approximate surface area is 166 Å². The smallest absolute Gasteiger partial charge is 0.224 e. The van der Waals surface area contributed by atoms with Crippen LogP contribution in [0.2, 0.25) is 0 Å². The predicted octanol–water partition coefficient (Wildman–Crippen LogP) is 4.10. The van der Waals surface area contributed by atoms with Crippen molar-refractivity contribution in [3.8, 4) is 0 Å². The van der Waals surface area contributed by atoms with E-state index in [1.165, 1.54) is 18.4 Å². The molecule has 146 valence electrons. The van der Waals surface area contributed by atoms with Crippen LogP contribution >= 0.6 is 0 Å². The average Bonchev–Trinajstić information content (AvgIpc) is 2.72. The molecule has 2 aliphatic heterocycles. The SMILES string of the molecule is O=C1CCc2cccc(C(=O)CCN3CCC[C@H](Cc4ccccc4)C3)c2N1. The number of anilines is 1. The number of carbonyl (C=O) groups excluding carboxylic acids is 2. The van der Waals surface area contributed by atoms with E-state index in [4.69, 9.17) is 0 Å². The van der Waals surface area contributed by atoms with E-state index < -0.39 is 0 Å². The highest BCUT2D eigenvalue weighted by Gasteiger charge is 2.23. The first-order valence-corrected chi connectivity index (χ1v) is 10.4. The first-order valence-electron chi connectivity index (χ1n) is 10.4. The van der Waals surface area contributed by atoms with Gasteiger partial charge in [-0.2, -0.15) is 0 Å². The molecule has 0 spiro atoms. The van der Waals surface area contributed by atoms with Crippen LogP contribution in [0.1, 0.15) is 47.2 Å². The van der Waals surface area contributed by atoms with Crippen LogP contribution in [0.25, 0.3) is 0 Å². The van der Waals surface area contributed by atoms with E-state index in [1.807, 2.05) is 18.2 Å². The van der Waals surface area contributed by atoms with E-state index in [0.29, 0.717) is 24.3 Å². The number of para-hydroxylation sites is 1. The highest BCUT2D eigenvalue weighted by atomic mass is 16.1. The minimum atomic E-state index is 0.00698. The number of amides is 1. The molecular weight excluding hydrogens is 348 g/mol. The molecule has 1 atom stereocenters. The molecule has 4 rings (SSSR count). The summed E-state index contributed by atoms with van der Waals surface area (Å²) in [5.41, 5.74) is 3.89. The predicted molar refractivity (Wildman–Crippen MR) is 112 cm³/mol. The summed E-state index contributed by atoms with van der Waals surface area (Å²) >= 11 is 0. The summed E-state index contributed by atoms with van der Waals surface area (Å²) in [6.07, 6.45) is 5.30. The van der Waals surface area contributed by atoms with Crippen molar-refractivity contribution in [2.45, 2.75) is 38.5 Å². The second kappa shape index (κ2) is 8.70. The summed E-state index contributed by atoms with van der Waals surface area (Å²) in [6.45, 7) is 2.93. The first-order chi connectivity index (χ1) is 13.7. The highest BCUT2D eigenvalue weighted by molar-refractivity contribution is 6.06. The van der Waals surface area contributed by atoms with Crippen molar-refractivity contribution >= 4 is 17.4 Å². The van der Waals surface area contributed by atoms with E-state index in [1.54, 1.807) is 0 Å². The Kier molecular flexibility index (Phi) is 5.87. The zero-order valence-corrected chi connectivity index (χ0v) is 16.3. The van der Waals surface area contributed by atoms with Crippen molar-refractivity contribution in [1.29, 1.82) is 0 Å². The van der Waals surface area contributed by atoms with Gasteiger partial charge >= 0.3 is 0 Å². The Hall–Kier alpha value is -2.46. The summed E-state index contributed by atoms with van der Waals surface area (Å²) in [7, 11) is 0. The first kappa shape index (κ1) is 18.9. The van der Waals surface area contributed by atoms with Crippen LogP contribution in [-0.2, 0) is 17.6 Å². The number of aryl methyl sites for hydroxylation is 1. The molecule has 1 fully saturated rings. The van der Waals surface area contributed by atoms with Gasteiger partial charge in [-0.05, 0) is 55.3 Å². The molecule has 2 aromatic carbocycles. The average molecular weight is 377 g/mol. The third-order valence-electron chi connectivity index (χ3n) is 5.96. The van der Waals surface area contributed by atoms with Gasteiger partial charge in [-0.15, -0.1) is 0 Å². The molecule has 0 aromatic heterocycles. The molecule has 28 heavy (non-hydrogen) atoms. The van der Waals surface area contributed by atoms with Crippen molar-refractivity contribution in [2.24, 2.45) is 5.92 Å². The zero-order chi connectivity index (χ0) is 19.3. The third-order valence-corrected chi connectivity index (χ3v) is 5.96. The number of rotatable bonds is 6. The summed E-state index contributed by atoms with van der Waals surface area (Å²) < 4.78 is 0. The number of benzene rings is 2. The number of hydrogen-bond acceptors (Lipinski definition) is 3. The quantitative estimate of drug-likeness (QED) is 0.772. The Balaban J connectivity index is 1.34. The monoisotopic (exact) mass is 376 g/mol. The van der Waals surface area contributed by atoms with Gasteiger partial charge in [0.2, 0.25) is 5.91 Å². The van der Waals surface area contributed by atoms with Gasteiger partial charge in [0.25, 0.3) is 0 Å². The molecule has 1 amide bonds. The van der Waals surface area contributed by atoms with Gasteiger partial charge in [0, 0.05) is 31.5 Å². The molecule has 2 aliphatic rings. The van der Waals surface area contributed by atoms with E-state index in [0.717, 1.165) is 43.7 Å². The van der Waals surface area contributed by atoms with Crippen molar-refractivity contribution in [2.75, 3.05) is 25.0 Å². The van der Waals surface area contributed by atoms with E-state index in [2.05, 4.69) is 40.5 Å². The Morgan fingerprint density at radius 1 is 1.07 bits per heavy atom. The Morgan fingerprint density at radius 2 is 1.93 bits per heavy atom. The highest BCUT2D eigenvalue weighted by Crippen LogP contribution is 2.28. The lowest BCUT2D eigenvalue weighted by Gasteiger charge is -2.32. The van der Waals surface area contributed by atoms with Gasteiger partial charge in [0.1, 0.15) is 0 Å². The second-order valence-corrected chi connectivity index (χ2v) is 8.06. The van der Waals surface area contributed by atoms with Crippen LogP contribution in [0.3, 0.4) is 0 Å². The van der Waals surface area contributed by atoms with Crippen LogP contribution in [0.15, 0.2) is 48.5 Å². The number of Topliss-reactive ketones (excluding diaryl/α,β-unsaturated/α-hetero) is 1. The van der Waals surface area contributed by atoms with E-state index in [-0.39, 0.29) is 11.7 Å². The van der Waals surface area contributed by atoms with E-state index >= 15 is 0 Å². The van der Waals surface area contributed by atoms with Gasteiger partial charge in [-0.1, -0.05) is 42.5 Å². The molecule has 4 nitrogen and oxygen atoms in total. The number of hydrogen-bond donors (Lipinski definition) is 1. The lowest BCUT2D eigenvalue weighted by Crippen LogP contribution is -2.37. The molecule has 1 N–H and O–H groups in total. The maximum Gasteiger partial charge on any atom is 0.224 e. The van der Waals surface area contributed by atoms with Crippen molar-refractivity contribution < 1.29 is 9.59 Å². The minimum Gasteiger partial charge on any atom is -0.325 e. The summed E-state index contributed by atoms with van der Waals surface area (Å²) in [6, 6.07) is 16.5. The van der Waals surface area contributed by atoms with Gasteiger partial charge in [0.05, 0.1) is 5.69 Å². The second-order valence-electron chi connectivity index (χ2n) is 8.06. The zero-order valence-electron chi connectivity index (χ0n) is 16.3. The number of likely N-dealkylation sites (tertiary alicyclic amines) is 1. The number of nitrogens with zero attached hydrogens (tertiary/aromatic N) is 1. The Bertz CT molecular complexity index is 847. The molecule has 0 radical (unpaired) electrons. The largest absolute Gasteiger partial charge is 0.325 e. The molecule has 0 unspecified atom stereocenters. The lowest BCUT2D eigenvalue weighted by molar-refractivity contribution is -0.116. The molecule has 0 aliphatic carbocycles. The van der Waals surface area contributed by atoms with Gasteiger partial charge in [-0.25, -0.2) is 0 Å². The maximum atomic E-state index is 12.9. The van der Waals surface area contributed by atoms with Crippen LogP contribution in [0.4, 0.5) is 5.69 Å². The van der Waals surface area contributed by atoms with Crippen LogP contribution in [0.5, 0.6) is 0 Å². The molecule has 4 heteroatoms. The summed E-state index contributed by atoms with van der Waals surface area (Å²) in [5, 5.41) is 2.91. The van der Waals surface area contributed by atoms with Crippen molar-refractivity contribution in [1.82, 2.24) is 4.90 Å². The molecule has 2 aromatic rings. The number of nitrogens with one attached hydrogen (secondary N) is 1. The normalized spacial score (nSPS) is 19.7. The third kappa shape index (κ3) is 4.50. The number of ketones is 1. The van der Waals surface area contributed by atoms with Gasteiger partial charge < -0.3 is 10.2 Å². The molecular formula is C24H28N2O2. The minimum absolute atomic E-state index is 0.00698. The van der Waals surface area contributed by atoms with Crippen LogP contribution in [-0.4, -0.2) is 36.2 Å². The fraction of sp³-hybridized carbons (Fsp3) is 0.417. The molecule has 0 saturated carbocycles. The Morgan fingerprint density at radius 3 is 2.79 bits per heavy atom. The van der Waals surface area contributed by atoms with Crippen LogP contribution < -0.4 is 5.32 Å². The number of fused-ring (bicyclic) bond motifs is 1.